The zero-order valence-electron chi connectivity index (χ0n) is 14.2. The quantitative estimate of drug-likeness (QED) is 0.849. The molecule has 130 valence electrons. The van der Waals surface area contributed by atoms with Gasteiger partial charge in [0.15, 0.2) is 0 Å². The highest BCUT2D eigenvalue weighted by molar-refractivity contribution is 5.94. The molecular weight excluding hydrogens is 306 g/mol. The Morgan fingerprint density at radius 3 is 2.29 bits per heavy atom. The van der Waals surface area contributed by atoms with Crippen LogP contribution >= 0.6 is 0 Å². The Kier molecular flexibility index (Phi) is 5.33. The number of pyridine rings is 1. The number of methoxy groups -OCH3 is 1. The van der Waals surface area contributed by atoms with Gasteiger partial charge in [0.1, 0.15) is 0 Å². The van der Waals surface area contributed by atoms with Crippen LogP contribution in [0.4, 0.5) is 0 Å². The van der Waals surface area contributed by atoms with E-state index in [4.69, 9.17) is 4.74 Å². The van der Waals surface area contributed by atoms with Crippen molar-refractivity contribution in [3.05, 3.63) is 23.9 Å². The number of ether oxygens (including phenoxy) is 1. The molecule has 2 aliphatic rings. The van der Waals surface area contributed by atoms with Gasteiger partial charge < -0.3 is 14.5 Å². The number of piperazine rings is 1. The van der Waals surface area contributed by atoms with Crippen molar-refractivity contribution in [1.29, 1.82) is 0 Å². The molecule has 1 aliphatic carbocycles. The van der Waals surface area contributed by atoms with Crippen molar-refractivity contribution in [3.63, 3.8) is 0 Å². The first-order valence-electron chi connectivity index (χ1n) is 8.77. The average molecular weight is 331 g/mol. The number of nitrogens with zero attached hydrogens (tertiary/aromatic N) is 3. The van der Waals surface area contributed by atoms with Gasteiger partial charge in [-0.1, -0.05) is 19.3 Å². The lowest BCUT2D eigenvalue weighted by Gasteiger charge is -2.37. The molecule has 1 aromatic rings. The van der Waals surface area contributed by atoms with Gasteiger partial charge in [-0.2, -0.15) is 0 Å². The van der Waals surface area contributed by atoms with Crippen molar-refractivity contribution >= 4 is 11.8 Å². The topological polar surface area (TPSA) is 62.7 Å². The minimum absolute atomic E-state index is 0.0325. The molecule has 2 amide bonds. The summed E-state index contributed by atoms with van der Waals surface area (Å²) in [5.74, 6) is 0.948. The summed E-state index contributed by atoms with van der Waals surface area (Å²) < 4.78 is 5.01. The van der Waals surface area contributed by atoms with Crippen LogP contribution in [0.3, 0.4) is 0 Å². The van der Waals surface area contributed by atoms with Gasteiger partial charge in [-0.15, -0.1) is 0 Å². The molecule has 1 saturated carbocycles. The minimum Gasteiger partial charge on any atom is -0.481 e. The molecule has 2 fully saturated rings. The zero-order valence-corrected chi connectivity index (χ0v) is 14.2. The second kappa shape index (κ2) is 7.64. The fourth-order valence-electron chi connectivity index (χ4n) is 3.55. The van der Waals surface area contributed by atoms with Crippen LogP contribution in [0.25, 0.3) is 0 Å². The second-order valence-corrected chi connectivity index (χ2v) is 6.54. The summed E-state index contributed by atoms with van der Waals surface area (Å²) in [5.41, 5.74) is 0.558. The maximum absolute atomic E-state index is 12.6. The van der Waals surface area contributed by atoms with Crippen LogP contribution in [0, 0.1) is 5.92 Å². The summed E-state index contributed by atoms with van der Waals surface area (Å²) in [6.07, 6.45) is 7.17. The van der Waals surface area contributed by atoms with Crippen molar-refractivity contribution in [1.82, 2.24) is 14.8 Å². The van der Waals surface area contributed by atoms with Crippen LogP contribution < -0.4 is 4.74 Å². The molecule has 1 aliphatic heterocycles. The Morgan fingerprint density at radius 1 is 1.04 bits per heavy atom. The lowest BCUT2D eigenvalue weighted by molar-refractivity contribution is -0.138. The van der Waals surface area contributed by atoms with Crippen molar-refractivity contribution in [2.75, 3.05) is 33.3 Å². The van der Waals surface area contributed by atoms with E-state index in [0.717, 1.165) is 12.8 Å². The Bertz CT molecular complexity index is 574. The highest BCUT2D eigenvalue weighted by atomic mass is 16.5. The van der Waals surface area contributed by atoms with Gasteiger partial charge in [0.25, 0.3) is 5.91 Å². The molecule has 0 bridgehead atoms. The smallest absolute Gasteiger partial charge is 0.255 e. The number of aromatic nitrogens is 1. The normalized spacial score (nSPS) is 19.2. The van der Waals surface area contributed by atoms with Gasteiger partial charge >= 0.3 is 0 Å². The Labute approximate surface area is 142 Å². The van der Waals surface area contributed by atoms with Gasteiger partial charge in [-0.05, 0) is 18.9 Å². The first kappa shape index (κ1) is 16.7. The molecule has 3 rings (SSSR count). The summed E-state index contributed by atoms with van der Waals surface area (Å²) in [6, 6.07) is 3.42. The van der Waals surface area contributed by atoms with Crippen LogP contribution in [0.1, 0.15) is 42.5 Å². The van der Waals surface area contributed by atoms with E-state index in [1.165, 1.54) is 19.3 Å². The fourth-order valence-corrected chi connectivity index (χ4v) is 3.55. The third-order valence-electron chi connectivity index (χ3n) is 5.03. The lowest BCUT2D eigenvalue weighted by Crippen LogP contribution is -2.52. The molecular formula is C18H25N3O3. The van der Waals surface area contributed by atoms with Crippen molar-refractivity contribution < 1.29 is 14.3 Å². The van der Waals surface area contributed by atoms with E-state index >= 15 is 0 Å². The van der Waals surface area contributed by atoms with Crippen LogP contribution in [-0.4, -0.2) is 59.9 Å². The SMILES string of the molecule is COc1ccc(C(=O)N2CCN(C(=O)C3CCCCC3)CC2)cn1. The summed E-state index contributed by atoms with van der Waals surface area (Å²) in [4.78, 5) is 32.9. The molecule has 0 radical (unpaired) electrons. The summed E-state index contributed by atoms with van der Waals surface area (Å²) in [7, 11) is 1.55. The number of carbonyl (C=O) groups is 2. The molecule has 6 heteroatoms. The first-order valence-corrected chi connectivity index (χ1v) is 8.77. The van der Waals surface area contributed by atoms with Gasteiger partial charge in [0.05, 0.1) is 12.7 Å². The van der Waals surface area contributed by atoms with E-state index in [2.05, 4.69) is 4.98 Å². The zero-order chi connectivity index (χ0) is 16.9. The Morgan fingerprint density at radius 2 is 1.71 bits per heavy atom. The summed E-state index contributed by atoms with van der Waals surface area (Å²) >= 11 is 0. The highest BCUT2D eigenvalue weighted by Crippen LogP contribution is 2.26. The van der Waals surface area contributed by atoms with Crippen LogP contribution in [0.15, 0.2) is 18.3 Å². The van der Waals surface area contributed by atoms with Crippen LogP contribution in [0.5, 0.6) is 5.88 Å². The molecule has 0 N–H and O–H groups in total. The van der Waals surface area contributed by atoms with Crippen molar-refractivity contribution in [2.45, 2.75) is 32.1 Å². The van der Waals surface area contributed by atoms with Crippen LogP contribution in [-0.2, 0) is 4.79 Å². The van der Waals surface area contributed by atoms with E-state index in [9.17, 15) is 9.59 Å². The predicted molar refractivity (Wildman–Crippen MR) is 89.8 cm³/mol. The number of carbonyl (C=O) groups excluding carboxylic acids is 2. The average Bonchev–Trinajstić information content (AvgIpc) is 2.68. The number of rotatable bonds is 3. The lowest BCUT2D eigenvalue weighted by atomic mass is 9.88. The van der Waals surface area contributed by atoms with E-state index < -0.39 is 0 Å². The van der Waals surface area contributed by atoms with E-state index in [-0.39, 0.29) is 17.7 Å². The standard InChI is InChI=1S/C18H25N3O3/c1-24-16-8-7-15(13-19-16)18(23)21-11-9-20(10-12-21)17(22)14-5-3-2-4-6-14/h7-8,13-14H,2-6,9-12H2,1H3. The molecule has 0 spiro atoms. The summed E-state index contributed by atoms with van der Waals surface area (Å²) in [6.45, 7) is 2.43. The van der Waals surface area contributed by atoms with Crippen LogP contribution in [0.2, 0.25) is 0 Å². The maximum Gasteiger partial charge on any atom is 0.255 e. The maximum atomic E-state index is 12.6. The largest absolute Gasteiger partial charge is 0.481 e. The number of amides is 2. The fraction of sp³-hybridized carbons (Fsp3) is 0.611. The number of hydrogen-bond acceptors (Lipinski definition) is 4. The summed E-state index contributed by atoms with van der Waals surface area (Å²) in [5, 5.41) is 0. The molecule has 6 nitrogen and oxygen atoms in total. The molecule has 0 unspecified atom stereocenters. The molecule has 0 atom stereocenters. The first-order chi connectivity index (χ1) is 11.7. The predicted octanol–water partition coefficient (Wildman–Crippen LogP) is 1.95. The van der Waals surface area contributed by atoms with E-state index in [1.54, 1.807) is 30.3 Å². The van der Waals surface area contributed by atoms with Gasteiger partial charge in [0, 0.05) is 44.4 Å². The molecule has 1 saturated heterocycles. The Hall–Kier alpha value is -2.11. The minimum atomic E-state index is -0.0325. The Balaban J connectivity index is 1.54. The molecule has 0 aromatic carbocycles. The monoisotopic (exact) mass is 331 g/mol. The third-order valence-corrected chi connectivity index (χ3v) is 5.03. The van der Waals surface area contributed by atoms with Gasteiger partial charge in [0.2, 0.25) is 11.8 Å². The molecule has 24 heavy (non-hydrogen) atoms. The second-order valence-electron chi connectivity index (χ2n) is 6.54. The highest BCUT2D eigenvalue weighted by Gasteiger charge is 2.29. The third kappa shape index (κ3) is 3.68. The van der Waals surface area contributed by atoms with E-state index in [0.29, 0.717) is 37.6 Å². The van der Waals surface area contributed by atoms with E-state index in [1.807, 2.05) is 4.90 Å². The molecule has 1 aromatic heterocycles. The number of hydrogen-bond donors (Lipinski definition) is 0. The van der Waals surface area contributed by atoms with Crippen molar-refractivity contribution in [2.24, 2.45) is 5.92 Å². The van der Waals surface area contributed by atoms with Gasteiger partial charge in [-0.3, -0.25) is 9.59 Å². The molecule has 2 heterocycles. The van der Waals surface area contributed by atoms with Crippen molar-refractivity contribution in [3.8, 4) is 5.88 Å². The van der Waals surface area contributed by atoms with Gasteiger partial charge in [-0.25, -0.2) is 4.98 Å².